The van der Waals surface area contributed by atoms with Gasteiger partial charge in [0.05, 0.1) is 6.04 Å². The minimum Gasteiger partial charge on any atom is -0.334 e. The molecule has 25 heavy (non-hydrogen) atoms. The second-order valence-corrected chi connectivity index (χ2v) is 7.56. The number of nitrogens with one attached hydrogen (secondary N) is 2. The number of hydrogen-bond donors (Lipinski definition) is 2. The Hall–Kier alpha value is -1.76. The SMILES string of the molecule is O=C(C1CC(c2ccsc2)NN1)N1CCCCC1c1cccc(F)c1. The first-order valence-corrected chi connectivity index (χ1v) is 9.76. The predicted octanol–water partition coefficient (Wildman–Crippen LogP) is 3.55. The average Bonchev–Trinajstić information content (AvgIpc) is 3.32. The van der Waals surface area contributed by atoms with E-state index in [1.54, 1.807) is 23.5 Å². The zero-order valence-corrected chi connectivity index (χ0v) is 14.8. The largest absolute Gasteiger partial charge is 0.334 e. The molecule has 132 valence electrons. The Morgan fingerprint density at radius 2 is 2.12 bits per heavy atom. The van der Waals surface area contributed by atoms with E-state index in [4.69, 9.17) is 0 Å². The summed E-state index contributed by atoms with van der Waals surface area (Å²) in [6, 6.07) is 8.65. The Morgan fingerprint density at radius 3 is 2.92 bits per heavy atom. The molecular formula is C19H22FN3OS. The second-order valence-electron chi connectivity index (χ2n) is 6.78. The minimum absolute atomic E-state index is 0.0288. The van der Waals surface area contributed by atoms with Crippen molar-refractivity contribution in [3.8, 4) is 0 Å². The summed E-state index contributed by atoms with van der Waals surface area (Å²) in [7, 11) is 0. The van der Waals surface area contributed by atoms with Crippen LogP contribution in [0.3, 0.4) is 0 Å². The van der Waals surface area contributed by atoms with E-state index in [9.17, 15) is 9.18 Å². The van der Waals surface area contributed by atoms with Gasteiger partial charge in [0.1, 0.15) is 11.9 Å². The highest BCUT2D eigenvalue weighted by Gasteiger charge is 2.36. The lowest BCUT2D eigenvalue weighted by Crippen LogP contribution is -2.48. The zero-order chi connectivity index (χ0) is 17.2. The van der Waals surface area contributed by atoms with E-state index in [0.717, 1.165) is 37.8 Å². The van der Waals surface area contributed by atoms with Crippen LogP contribution in [0, 0.1) is 5.82 Å². The first kappa shape index (κ1) is 16.7. The molecule has 0 saturated carbocycles. The van der Waals surface area contributed by atoms with Crippen LogP contribution in [-0.2, 0) is 4.79 Å². The molecule has 2 aromatic rings. The van der Waals surface area contributed by atoms with Gasteiger partial charge < -0.3 is 4.90 Å². The highest BCUT2D eigenvalue weighted by atomic mass is 32.1. The van der Waals surface area contributed by atoms with E-state index in [2.05, 4.69) is 27.7 Å². The average molecular weight is 359 g/mol. The fraction of sp³-hybridized carbons (Fsp3) is 0.421. The molecule has 6 heteroatoms. The molecule has 4 nitrogen and oxygen atoms in total. The lowest BCUT2D eigenvalue weighted by molar-refractivity contribution is -0.137. The number of piperidine rings is 1. The fourth-order valence-electron chi connectivity index (χ4n) is 3.87. The predicted molar refractivity (Wildman–Crippen MR) is 96.4 cm³/mol. The number of amides is 1. The van der Waals surface area contributed by atoms with E-state index in [1.165, 1.54) is 11.6 Å². The topological polar surface area (TPSA) is 44.4 Å². The van der Waals surface area contributed by atoms with Crippen LogP contribution >= 0.6 is 11.3 Å². The molecule has 2 N–H and O–H groups in total. The van der Waals surface area contributed by atoms with Crippen molar-refractivity contribution in [2.75, 3.05) is 6.54 Å². The number of rotatable bonds is 3. The van der Waals surface area contributed by atoms with Crippen molar-refractivity contribution in [3.63, 3.8) is 0 Å². The molecule has 1 aromatic heterocycles. The third kappa shape index (κ3) is 3.47. The molecule has 3 heterocycles. The zero-order valence-electron chi connectivity index (χ0n) is 14.0. The summed E-state index contributed by atoms with van der Waals surface area (Å²) in [5.41, 5.74) is 8.52. The number of halogens is 1. The number of benzene rings is 1. The van der Waals surface area contributed by atoms with E-state index < -0.39 is 0 Å². The van der Waals surface area contributed by atoms with E-state index >= 15 is 0 Å². The monoisotopic (exact) mass is 359 g/mol. The molecule has 2 saturated heterocycles. The first-order chi connectivity index (χ1) is 12.2. The maximum absolute atomic E-state index is 13.6. The summed E-state index contributed by atoms with van der Waals surface area (Å²) < 4.78 is 13.6. The van der Waals surface area contributed by atoms with E-state index in [0.29, 0.717) is 0 Å². The molecule has 3 unspecified atom stereocenters. The fourth-order valence-corrected chi connectivity index (χ4v) is 4.58. The minimum atomic E-state index is -0.242. The standard InChI is InChI=1S/C19H22FN3OS/c20-15-5-3-4-13(10-15)18-6-1-2-8-23(18)19(24)17-11-16(21-22-17)14-7-9-25-12-14/h3-5,7,9-10,12,16-18,21-22H,1-2,6,8,11H2. The summed E-state index contributed by atoms with van der Waals surface area (Å²) in [4.78, 5) is 15.1. The highest BCUT2D eigenvalue weighted by molar-refractivity contribution is 7.07. The molecule has 0 radical (unpaired) electrons. The van der Waals surface area contributed by atoms with Crippen LogP contribution in [0.25, 0.3) is 0 Å². The third-order valence-corrected chi connectivity index (χ3v) is 5.87. The van der Waals surface area contributed by atoms with Crippen LogP contribution in [0.4, 0.5) is 4.39 Å². The lowest BCUT2D eigenvalue weighted by atomic mass is 9.93. The van der Waals surface area contributed by atoms with Crippen molar-refractivity contribution in [2.24, 2.45) is 0 Å². The molecule has 3 atom stereocenters. The maximum atomic E-state index is 13.6. The van der Waals surface area contributed by atoms with Gasteiger partial charge in [0, 0.05) is 12.6 Å². The molecule has 0 bridgehead atoms. The van der Waals surface area contributed by atoms with E-state index in [1.807, 2.05) is 11.0 Å². The highest BCUT2D eigenvalue weighted by Crippen LogP contribution is 2.33. The Bertz CT molecular complexity index is 736. The number of thiophene rings is 1. The number of likely N-dealkylation sites (tertiary alicyclic amines) is 1. The van der Waals surface area contributed by atoms with Crippen molar-refractivity contribution < 1.29 is 9.18 Å². The quantitative estimate of drug-likeness (QED) is 0.881. The van der Waals surface area contributed by atoms with Gasteiger partial charge in [0.2, 0.25) is 5.91 Å². The van der Waals surface area contributed by atoms with Crippen molar-refractivity contribution in [2.45, 2.75) is 43.8 Å². The van der Waals surface area contributed by atoms with E-state index in [-0.39, 0.29) is 29.8 Å². The van der Waals surface area contributed by atoms with Gasteiger partial charge in [0.15, 0.2) is 0 Å². The summed E-state index contributed by atoms with van der Waals surface area (Å²) >= 11 is 1.66. The van der Waals surface area contributed by atoms with Gasteiger partial charge in [-0.2, -0.15) is 11.3 Å². The van der Waals surface area contributed by atoms with Crippen molar-refractivity contribution in [1.82, 2.24) is 15.8 Å². The summed E-state index contributed by atoms with van der Waals surface area (Å²) in [6.45, 7) is 0.737. The summed E-state index contributed by atoms with van der Waals surface area (Å²) in [5.74, 6) is -0.132. The molecule has 2 aliphatic rings. The van der Waals surface area contributed by atoms with Gasteiger partial charge in [0.25, 0.3) is 0 Å². The molecule has 2 fully saturated rings. The molecule has 0 aliphatic carbocycles. The Morgan fingerprint density at radius 1 is 1.20 bits per heavy atom. The molecule has 0 spiro atoms. The first-order valence-electron chi connectivity index (χ1n) is 8.81. The Labute approximate surface area is 151 Å². The molecule has 1 aromatic carbocycles. The third-order valence-electron chi connectivity index (χ3n) is 5.17. The molecule has 2 aliphatic heterocycles. The van der Waals surface area contributed by atoms with Crippen molar-refractivity contribution in [1.29, 1.82) is 0 Å². The van der Waals surface area contributed by atoms with Crippen LogP contribution in [0.5, 0.6) is 0 Å². The number of hydrogen-bond acceptors (Lipinski definition) is 4. The summed E-state index contributed by atoms with van der Waals surface area (Å²) in [5, 5.41) is 4.17. The number of hydrazine groups is 1. The van der Waals surface area contributed by atoms with Crippen molar-refractivity contribution >= 4 is 17.2 Å². The van der Waals surface area contributed by atoms with Gasteiger partial charge in [-0.25, -0.2) is 15.2 Å². The normalized spacial score (nSPS) is 26.8. The molecule has 4 rings (SSSR count). The maximum Gasteiger partial charge on any atom is 0.241 e. The Balaban J connectivity index is 1.50. The van der Waals surface area contributed by atoms with Crippen LogP contribution < -0.4 is 10.9 Å². The van der Waals surface area contributed by atoms with Crippen LogP contribution in [0.1, 0.15) is 48.9 Å². The van der Waals surface area contributed by atoms with Gasteiger partial charge >= 0.3 is 0 Å². The van der Waals surface area contributed by atoms with Gasteiger partial charge in [-0.1, -0.05) is 12.1 Å². The van der Waals surface area contributed by atoms with Gasteiger partial charge in [-0.05, 0) is 65.8 Å². The van der Waals surface area contributed by atoms with Gasteiger partial charge in [-0.15, -0.1) is 0 Å². The lowest BCUT2D eigenvalue weighted by Gasteiger charge is -2.37. The number of carbonyl (C=O) groups is 1. The number of nitrogens with zero attached hydrogens (tertiary/aromatic N) is 1. The molecular weight excluding hydrogens is 337 g/mol. The van der Waals surface area contributed by atoms with Crippen LogP contribution in [-0.4, -0.2) is 23.4 Å². The smallest absolute Gasteiger partial charge is 0.241 e. The second kappa shape index (κ2) is 7.23. The van der Waals surface area contributed by atoms with Crippen molar-refractivity contribution in [3.05, 3.63) is 58.0 Å². The number of carbonyl (C=O) groups excluding carboxylic acids is 1. The molecule has 1 amide bonds. The summed E-state index contributed by atoms with van der Waals surface area (Å²) in [6.07, 6.45) is 3.70. The van der Waals surface area contributed by atoms with Crippen LogP contribution in [0.2, 0.25) is 0 Å². The Kier molecular flexibility index (Phi) is 4.83. The van der Waals surface area contributed by atoms with Gasteiger partial charge in [-0.3, -0.25) is 4.79 Å². The van der Waals surface area contributed by atoms with Crippen LogP contribution in [0.15, 0.2) is 41.1 Å².